The van der Waals surface area contributed by atoms with Gasteiger partial charge in [-0.3, -0.25) is 14.8 Å². The Morgan fingerprint density at radius 3 is 2.94 bits per heavy atom. The predicted molar refractivity (Wildman–Crippen MR) is 55.7 cm³/mol. The summed E-state index contributed by atoms with van der Waals surface area (Å²) in [5.41, 5.74) is -0.622. The second kappa shape index (κ2) is 4.89. The third kappa shape index (κ3) is 2.88. The number of nitriles is 1. The average molecular weight is 236 g/mol. The summed E-state index contributed by atoms with van der Waals surface area (Å²) in [6, 6.07) is 1.67. The maximum atomic E-state index is 10.8. The molecule has 0 bridgehead atoms. The monoisotopic (exact) mass is 236 g/mol. The van der Waals surface area contributed by atoms with Crippen molar-refractivity contribution in [3.8, 4) is 6.07 Å². The van der Waals surface area contributed by atoms with Crippen molar-refractivity contribution in [2.24, 2.45) is 7.05 Å². The number of aliphatic carboxylic acids is 1. The number of carboxylic acids is 1. The molecule has 8 nitrogen and oxygen atoms in total. The van der Waals surface area contributed by atoms with Gasteiger partial charge < -0.3 is 5.11 Å². The van der Waals surface area contributed by atoms with Crippen molar-refractivity contribution in [1.29, 1.82) is 5.26 Å². The summed E-state index contributed by atoms with van der Waals surface area (Å²) in [7, 11) is 1.48. The molecular weight excluding hydrogens is 228 g/mol. The lowest BCUT2D eigenvalue weighted by Gasteiger charge is -1.94. The quantitative estimate of drug-likeness (QED) is 0.466. The number of hydrogen-bond acceptors (Lipinski definition) is 5. The minimum Gasteiger partial charge on any atom is -0.478 e. The van der Waals surface area contributed by atoms with Gasteiger partial charge in [-0.05, 0) is 6.08 Å². The summed E-state index contributed by atoms with van der Waals surface area (Å²) in [5.74, 6) is -1.30. The van der Waals surface area contributed by atoms with E-state index in [9.17, 15) is 14.9 Å². The Hall–Kier alpha value is -2.69. The van der Waals surface area contributed by atoms with E-state index in [-0.39, 0.29) is 23.4 Å². The van der Waals surface area contributed by atoms with Crippen molar-refractivity contribution in [3.63, 3.8) is 0 Å². The van der Waals surface area contributed by atoms with Crippen molar-refractivity contribution in [2.45, 2.75) is 6.42 Å². The molecule has 0 aliphatic heterocycles. The van der Waals surface area contributed by atoms with Crippen LogP contribution in [0, 0.1) is 21.4 Å². The van der Waals surface area contributed by atoms with Crippen molar-refractivity contribution < 1.29 is 14.8 Å². The van der Waals surface area contributed by atoms with Gasteiger partial charge in [0.2, 0.25) is 0 Å². The third-order valence-corrected chi connectivity index (χ3v) is 1.89. The molecule has 1 heterocycles. The van der Waals surface area contributed by atoms with Crippen LogP contribution >= 0.6 is 0 Å². The fraction of sp³-hybridized carbons (Fsp3) is 0.222. The van der Waals surface area contributed by atoms with Gasteiger partial charge in [0.1, 0.15) is 6.20 Å². The number of rotatable bonds is 4. The van der Waals surface area contributed by atoms with E-state index in [4.69, 9.17) is 10.4 Å². The van der Waals surface area contributed by atoms with Crippen molar-refractivity contribution in [3.05, 3.63) is 27.6 Å². The van der Waals surface area contributed by atoms with Crippen LogP contribution in [-0.2, 0) is 11.8 Å². The van der Waals surface area contributed by atoms with Crippen molar-refractivity contribution >= 4 is 17.7 Å². The highest BCUT2D eigenvalue weighted by Crippen LogP contribution is 2.19. The minimum atomic E-state index is -1.30. The molecule has 0 fully saturated rings. The molecule has 0 aliphatic rings. The smallest absolute Gasteiger partial charge is 0.332 e. The summed E-state index contributed by atoms with van der Waals surface area (Å²) in [6.45, 7) is 0. The Morgan fingerprint density at radius 2 is 2.47 bits per heavy atom. The Bertz CT molecular complexity index is 538. The van der Waals surface area contributed by atoms with Crippen LogP contribution in [0.3, 0.4) is 0 Å². The highest BCUT2D eigenvalue weighted by Gasteiger charge is 2.18. The molecule has 17 heavy (non-hydrogen) atoms. The maximum absolute atomic E-state index is 10.8. The van der Waals surface area contributed by atoms with Gasteiger partial charge in [-0.15, -0.1) is 0 Å². The van der Waals surface area contributed by atoms with Crippen LogP contribution in [0.4, 0.5) is 5.69 Å². The first-order chi connectivity index (χ1) is 7.95. The summed E-state index contributed by atoms with van der Waals surface area (Å²) < 4.78 is 1.20. The topological polar surface area (TPSA) is 122 Å². The molecule has 0 aromatic carbocycles. The second-order valence-corrected chi connectivity index (χ2v) is 3.14. The Morgan fingerprint density at radius 1 is 1.82 bits per heavy atom. The molecule has 1 aromatic heterocycles. The third-order valence-electron chi connectivity index (χ3n) is 1.89. The van der Waals surface area contributed by atoms with E-state index < -0.39 is 10.9 Å². The number of nitrogens with zero attached hydrogens (tertiary/aromatic N) is 4. The maximum Gasteiger partial charge on any atom is 0.332 e. The first-order valence-corrected chi connectivity index (χ1v) is 4.44. The molecular formula is C9H8N4O4. The molecule has 0 saturated carbocycles. The highest BCUT2D eigenvalue weighted by atomic mass is 16.6. The van der Waals surface area contributed by atoms with Gasteiger partial charge in [0.05, 0.1) is 23.0 Å². The number of hydrogen-bond donors (Lipinski definition) is 1. The van der Waals surface area contributed by atoms with Gasteiger partial charge in [-0.25, -0.2) is 4.79 Å². The van der Waals surface area contributed by atoms with Crippen LogP contribution in [0.5, 0.6) is 0 Å². The molecule has 0 saturated heterocycles. The van der Waals surface area contributed by atoms with Crippen LogP contribution in [0.1, 0.15) is 12.1 Å². The highest BCUT2D eigenvalue weighted by molar-refractivity contribution is 5.92. The van der Waals surface area contributed by atoms with E-state index in [0.29, 0.717) is 0 Å². The molecule has 0 spiro atoms. The van der Waals surface area contributed by atoms with Crippen LogP contribution < -0.4 is 0 Å². The number of carboxylic acid groups (broad SMARTS) is 1. The molecule has 0 atom stereocenters. The van der Waals surface area contributed by atoms with Crippen molar-refractivity contribution in [2.75, 3.05) is 0 Å². The number of aryl methyl sites for hydroxylation is 1. The average Bonchev–Trinajstić information content (AvgIpc) is 2.59. The first kappa shape index (κ1) is 12.4. The van der Waals surface area contributed by atoms with Gasteiger partial charge in [0.15, 0.2) is 5.69 Å². The summed E-state index contributed by atoms with van der Waals surface area (Å²) in [5, 5.41) is 31.6. The Labute approximate surface area is 95.5 Å². The summed E-state index contributed by atoms with van der Waals surface area (Å²) >= 11 is 0. The molecule has 1 aromatic rings. The lowest BCUT2D eigenvalue weighted by atomic mass is 10.1. The summed E-state index contributed by atoms with van der Waals surface area (Å²) in [4.78, 5) is 20.8. The summed E-state index contributed by atoms with van der Waals surface area (Å²) in [6.07, 6.45) is 1.85. The zero-order valence-corrected chi connectivity index (χ0v) is 8.82. The van der Waals surface area contributed by atoms with E-state index in [1.54, 1.807) is 6.07 Å². The standard InChI is InChI=1S/C9H8N4O4/c1-12-5-8(13(16)17)7(11-12)4-6(2-3-10)9(14)15/h4-5H,2H2,1H3,(H,14,15). The van der Waals surface area contributed by atoms with Gasteiger partial charge in [0.25, 0.3) is 0 Å². The predicted octanol–water partition coefficient (Wildman–Crippen LogP) is 0.710. The lowest BCUT2D eigenvalue weighted by Crippen LogP contribution is -2.00. The van der Waals surface area contributed by atoms with Gasteiger partial charge in [-0.2, -0.15) is 10.4 Å². The number of carbonyl (C=O) groups is 1. The second-order valence-electron chi connectivity index (χ2n) is 3.14. The Kier molecular flexibility index (Phi) is 3.56. The fourth-order valence-corrected chi connectivity index (χ4v) is 1.18. The SMILES string of the molecule is Cn1cc([N+](=O)[O-])c(C=C(CC#N)C(=O)O)n1. The van der Waals surface area contributed by atoms with Crippen molar-refractivity contribution in [1.82, 2.24) is 9.78 Å². The fourth-order valence-electron chi connectivity index (χ4n) is 1.18. The van der Waals surface area contributed by atoms with E-state index in [0.717, 1.165) is 12.3 Å². The molecule has 0 aliphatic carbocycles. The Balaban J connectivity index is 3.24. The van der Waals surface area contributed by atoms with Gasteiger partial charge >= 0.3 is 11.7 Å². The normalized spacial score (nSPS) is 10.9. The molecule has 1 rings (SSSR count). The zero-order valence-electron chi connectivity index (χ0n) is 8.82. The molecule has 88 valence electrons. The van der Waals surface area contributed by atoms with E-state index in [2.05, 4.69) is 5.10 Å². The first-order valence-electron chi connectivity index (χ1n) is 4.44. The minimum absolute atomic E-state index is 0.0786. The van der Waals surface area contributed by atoms with E-state index in [1.165, 1.54) is 11.7 Å². The van der Waals surface area contributed by atoms with Gasteiger partial charge in [0, 0.05) is 7.05 Å². The van der Waals surface area contributed by atoms with Gasteiger partial charge in [-0.1, -0.05) is 0 Å². The lowest BCUT2D eigenvalue weighted by molar-refractivity contribution is -0.385. The number of aromatic nitrogens is 2. The number of nitro groups is 1. The van der Waals surface area contributed by atoms with Crippen LogP contribution in [-0.4, -0.2) is 25.8 Å². The zero-order chi connectivity index (χ0) is 13.0. The van der Waals surface area contributed by atoms with Crippen LogP contribution in [0.15, 0.2) is 11.8 Å². The molecule has 0 radical (unpaired) electrons. The molecule has 0 amide bonds. The van der Waals surface area contributed by atoms with E-state index in [1.807, 2.05) is 0 Å². The molecule has 1 N–H and O–H groups in total. The largest absolute Gasteiger partial charge is 0.478 e. The van der Waals surface area contributed by atoms with Crippen LogP contribution in [0.2, 0.25) is 0 Å². The van der Waals surface area contributed by atoms with Crippen LogP contribution in [0.25, 0.3) is 6.08 Å². The molecule has 0 unspecified atom stereocenters. The van der Waals surface area contributed by atoms with E-state index >= 15 is 0 Å². The molecule has 8 heteroatoms.